The van der Waals surface area contributed by atoms with Crippen molar-refractivity contribution in [2.24, 2.45) is 0 Å². The van der Waals surface area contributed by atoms with Crippen molar-refractivity contribution in [3.8, 4) is 0 Å². The molecule has 0 unspecified atom stereocenters. The Kier molecular flexibility index (Phi) is 3.44. The lowest BCUT2D eigenvalue weighted by molar-refractivity contribution is -0.155. The highest BCUT2D eigenvalue weighted by molar-refractivity contribution is 5.80. The standard InChI is InChI=1S/C15H21NO2/c1-4-15(18)9-16(10-15)14(17)8-13-7-11(2)5-6-12(13)3/h5-7,18H,4,8-10H2,1-3H3. The van der Waals surface area contributed by atoms with Crippen LogP contribution in [0.1, 0.15) is 30.0 Å². The van der Waals surface area contributed by atoms with E-state index in [0.29, 0.717) is 25.9 Å². The zero-order valence-corrected chi connectivity index (χ0v) is 11.4. The monoisotopic (exact) mass is 247 g/mol. The number of β-amino-alcohol motifs (C(OH)–C–C–N with tert-alkyl or cyclic N) is 1. The van der Waals surface area contributed by atoms with Gasteiger partial charge in [-0.2, -0.15) is 0 Å². The van der Waals surface area contributed by atoms with Gasteiger partial charge in [0.2, 0.25) is 5.91 Å². The Morgan fingerprint density at radius 1 is 1.39 bits per heavy atom. The largest absolute Gasteiger partial charge is 0.386 e. The predicted molar refractivity (Wildman–Crippen MR) is 71.4 cm³/mol. The Labute approximate surface area is 108 Å². The molecule has 0 bridgehead atoms. The summed E-state index contributed by atoms with van der Waals surface area (Å²) in [6.45, 7) is 6.97. The summed E-state index contributed by atoms with van der Waals surface area (Å²) in [5, 5.41) is 9.91. The molecule has 3 heteroatoms. The third-order valence-corrected chi connectivity index (χ3v) is 3.83. The lowest BCUT2D eigenvalue weighted by atomic mass is 9.90. The van der Waals surface area contributed by atoms with Crippen LogP contribution in [0.25, 0.3) is 0 Å². The van der Waals surface area contributed by atoms with Crippen LogP contribution in [-0.2, 0) is 11.2 Å². The van der Waals surface area contributed by atoms with Gasteiger partial charge in [-0.1, -0.05) is 30.7 Å². The highest BCUT2D eigenvalue weighted by atomic mass is 16.3. The lowest BCUT2D eigenvalue weighted by Gasteiger charge is -2.46. The van der Waals surface area contributed by atoms with Crippen LogP contribution >= 0.6 is 0 Å². The highest BCUT2D eigenvalue weighted by Gasteiger charge is 2.41. The van der Waals surface area contributed by atoms with Gasteiger partial charge in [0.1, 0.15) is 0 Å². The molecule has 1 N–H and O–H groups in total. The van der Waals surface area contributed by atoms with E-state index in [1.807, 2.05) is 20.8 Å². The number of likely N-dealkylation sites (tertiary alicyclic amines) is 1. The molecule has 1 saturated heterocycles. The number of amides is 1. The Balaban J connectivity index is 1.99. The van der Waals surface area contributed by atoms with Crippen molar-refractivity contribution in [1.29, 1.82) is 0 Å². The Hall–Kier alpha value is -1.35. The fourth-order valence-corrected chi connectivity index (χ4v) is 2.33. The van der Waals surface area contributed by atoms with Crippen molar-refractivity contribution in [3.63, 3.8) is 0 Å². The first-order chi connectivity index (χ1) is 8.43. The van der Waals surface area contributed by atoms with Gasteiger partial charge in [-0.3, -0.25) is 4.79 Å². The lowest BCUT2D eigenvalue weighted by Crippen LogP contribution is -2.63. The summed E-state index contributed by atoms with van der Waals surface area (Å²) in [5.41, 5.74) is 2.78. The van der Waals surface area contributed by atoms with Crippen LogP contribution in [0.15, 0.2) is 18.2 Å². The van der Waals surface area contributed by atoms with E-state index in [0.717, 1.165) is 11.1 Å². The molecule has 98 valence electrons. The minimum atomic E-state index is -0.642. The fraction of sp³-hybridized carbons (Fsp3) is 0.533. The molecule has 0 aliphatic carbocycles. The number of aryl methyl sites for hydroxylation is 2. The van der Waals surface area contributed by atoms with Gasteiger partial charge in [0, 0.05) is 0 Å². The molecule has 0 spiro atoms. The zero-order chi connectivity index (χ0) is 13.3. The van der Waals surface area contributed by atoms with Crippen LogP contribution in [-0.4, -0.2) is 34.6 Å². The Bertz CT molecular complexity index is 462. The highest BCUT2D eigenvalue weighted by Crippen LogP contribution is 2.25. The average molecular weight is 247 g/mol. The fourth-order valence-electron chi connectivity index (χ4n) is 2.33. The molecule has 1 aromatic carbocycles. The van der Waals surface area contributed by atoms with Crippen molar-refractivity contribution in [3.05, 3.63) is 34.9 Å². The molecule has 1 aliphatic rings. The maximum atomic E-state index is 12.1. The minimum Gasteiger partial charge on any atom is -0.386 e. The molecule has 1 amide bonds. The SMILES string of the molecule is CCC1(O)CN(C(=O)Cc2cc(C)ccc2C)C1. The first-order valence-corrected chi connectivity index (χ1v) is 6.50. The molecule has 0 radical (unpaired) electrons. The van der Waals surface area contributed by atoms with Gasteiger partial charge in [0.15, 0.2) is 0 Å². The molecular weight excluding hydrogens is 226 g/mol. The van der Waals surface area contributed by atoms with E-state index in [4.69, 9.17) is 0 Å². The van der Waals surface area contributed by atoms with Gasteiger partial charge in [-0.25, -0.2) is 0 Å². The van der Waals surface area contributed by atoms with Gasteiger partial charge in [-0.15, -0.1) is 0 Å². The molecule has 0 aromatic heterocycles. The van der Waals surface area contributed by atoms with E-state index >= 15 is 0 Å². The summed E-state index contributed by atoms with van der Waals surface area (Å²) in [4.78, 5) is 13.8. The van der Waals surface area contributed by atoms with E-state index < -0.39 is 5.60 Å². The van der Waals surface area contributed by atoms with E-state index in [1.165, 1.54) is 5.56 Å². The van der Waals surface area contributed by atoms with E-state index in [9.17, 15) is 9.90 Å². The molecular formula is C15H21NO2. The molecule has 18 heavy (non-hydrogen) atoms. The van der Waals surface area contributed by atoms with Gasteiger partial charge in [0.05, 0.1) is 25.1 Å². The number of aliphatic hydroxyl groups is 1. The van der Waals surface area contributed by atoms with Crippen molar-refractivity contribution >= 4 is 5.91 Å². The van der Waals surface area contributed by atoms with Gasteiger partial charge >= 0.3 is 0 Å². The molecule has 1 fully saturated rings. The molecule has 0 saturated carbocycles. The van der Waals surface area contributed by atoms with E-state index in [1.54, 1.807) is 4.90 Å². The van der Waals surface area contributed by atoms with Crippen LogP contribution in [0, 0.1) is 13.8 Å². The van der Waals surface area contributed by atoms with Crippen LogP contribution < -0.4 is 0 Å². The molecule has 2 rings (SSSR count). The number of hydrogen-bond acceptors (Lipinski definition) is 2. The number of carbonyl (C=O) groups is 1. The third kappa shape index (κ3) is 2.56. The Morgan fingerprint density at radius 2 is 2.06 bits per heavy atom. The Morgan fingerprint density at radius 3 is 2.67 bits per heavy atom. The first kappa shape index (κ1) is 13.1. The quantitative estimate of drug-likeness (QED) is 0.885. The summed E-state index contributed by atoms with van der Waals surface area (Å²) in [7, 11) is 0. The van der Waals surface area contributed by atoms with Crippen molar-refractivity contribution in [2.45, 2.75) is 39.2 Å². The summed E-state index contributed by atoms with van der Waals surface area (Å²) in [5.74, 6) is 0.113. The maximum Gasteiger partial charge on any atom is 0.227 e. The summed E-state index contributed by atoms with van der Waals surface area (Å²) in [6, 6.07) is 6.18. The second-order valence-corrected chi connectivity index (χ2v) is 5.43. The second-order valence-electron chi connectivity index (χ2n) is 5.43. The molecule has 1 aromatic rings. The van der Waals surface area contributed by atoms with Crippen LogP contribution in [0.4, 0.5) is 0 Å². The minimum absolute atomic E-state index is 0.113. The number of carbonyl (C=O) groups excluding carboxylic acids is 1. The number of hydrogen-bond donors (Lipinski definition) is 1. The first-order valence-electron chi connectivity index (χ1n) is 6.50. The second kappa shape index (κ2) is 4.73. The summed E-state index contributed by atoms with van der Waals surface area (Å²) >= 11 is 0. The third-order valence-electron chi connectivity index (χ3n) is 3.83. The number of nitrogens with zero attached hydrogens (tertiary/aromatic N) is 1. The number of rotatable bonds is 3. The summed E-state index contributed by atoms with van der Waals surface area (Å²) in [6.07, 6.45) is 1.15. The van der Waals surface area contributed by atoms with Crippen molar-refractivity contribution in [1.82, 2.24) is 4.90 Å². The molecule has 3 nitrogen and oxygen atoms in total. The normalized spacial score (nSPS) is 17.4. The smallest absolute Gasteiger partial charge is 0.227 e. The van der Waals surface area contributed by atoms with E-state index in [2.05, 4.69) is 18.2 Å². The molecule has 0 atom stereocenters. The van der Waals surface area contributed by atoms with Crippen LogP contribution in [0.5, 0.6) is 0 Å². The zero-order valence-electron chi connectivity index (χ0n) is 11.4. The average Bonchev–Trinajstić information content (AvgIpc) is 2.29. The van der Waals surface area contributed by atoms with Crippen LogP contribution in [0.2, 0.25) is 0 Å². The van der Waals surface area contributed by atoms with Crippen molar-refractivity contribution < 1.29 is 9.90 Å². The molecule has 1 aliphatic heterocycles. The summed E-state index contributed by atoms with van der Waals surface area (Å²) < 4.78 is 0. The van der Waals surface area contributed by atoms with Gasteiger partial charge in [0.25, 0.3) is 0 Å². The predicted octanol–water partition coefficient (Wildman–Crippen LogP) is 1.83. The van der Waals surface area contributed by atoms with Gasteiger partial charge in [-0.05, 0) is 31.4 Å². The van der Waals surface area contributed by atoms with Crippen LogP contribution in [0.3, 0.4) is 0 Å². The molecule has 1 heterocycles. The maximum absolute atomic E-state index is 12.1. The number of benzene rings is 1. The van der Waals surface area contributed by atoms with Gasteiger partial charge < -0.3 is 10.0 Å². The van der Waals surface area contributed by atoms with Crippen molar-refractivity contribution in [2.75, 3.05) is 13.1 Å². The van der Waals surface area contributed by atoms with E-state index in [-0.39, 0.29) is 5.91 Å². The topological polar surface area (TPSA) is 40.5 Å².